The lowest BCUT2D eigenvalue weighted by Gasteiger charge is -2.52. The van der Waals surface area contributed by atoms with Crippen LogP contribution in [0.15, 0.2) is 243 Å². The van der Waals surface area contributed by atoms with Gasteiger partial charge in [-0.05, 0) is 72.2 Å². The molecule has 13 unspecified atom stereocenters. The summed E-state index contributed by atoms with van der Waals surface area (Å²) in [6.45, 7) is 13.0. The van der Waals surface area contributed by atoms with E-state index in [-0.39, 0.29) is 52.9 Å². The minimum atomic E-state index is -1.24. The van der Waals surface area contributed by atoms with Crippen molar-refractivity contribution in [2.45, 2.75) is 211 Å². The monoisotopic (exact) mass is 1380 g/mol. The molecule has 4 fully saturated rings. The normalized spacial score (nSPS) is 29.8. The van der Waals surface area contributed by atoms with E-state index in [1.165, 1.54) is 6.92 Å². The zero-order valence-corrected chi connectivity index (χ0v) is 58.4. The van der Waals surface area contributed by atoms with Crippen LogP contribution in [0, 0.1) is 5.92 Å². The van der Waals surface area contributed by atoms with Gasteiger partial charge < -0.3 is 75.8 Å². The van der Waals surface area contributed by atoms with Crippen molar-refractivity contribution in [1.29, 1.82) is 0 Å². The summed E-state index contributed by atoms with van der Waals surface area (Å²) in [5.74, 6) is -1.19. The summed E-state index contributed by atoms with van der Waals surface area (Å²) in [5, 5.41) is 0. The lowest BCUT2D eigenvalue weighted by atomic mass is 9.91. The molecule has 8 aromatic carbocycles. The third-order valence-electron chi connectivity index (χ3n) is 19.0. The van der Waals surface area contributed by atoms with Crippen molar-refractivity contribution in [3.8, 4) is 0 Å². The Kier molecular flexibility index (Phi) is 27.0. The molecule has 0 N–H and O–H groups in total. The third-order valence-corrected chi connectivity index (χ3v) is 19.0. The molecule has 0 bridgehead atoms. The number of ether oxygens (including phenoxy) is 16. The van der Waals surface area contributed by atoms with Crippen LogP contribution >= 0.6 is 0 Å². The maximum absolute atomic E-state index is 13.2. The Balaban J connectivity index is 0.941. The van der Waals surface area contributed by atoms with E-state index in [9.17, 15) is 4.79 Å². The number of carbonyl (C=O) groups is 1. The highest BCUT2D eigenvalue weighted by Crippen LogP contribution is 2.42. The Labute approximate surface area is 594 Å². The summed E-state index contributed by atoms with van der Waals surface area (Å²) in [7, 11) is 0. The highest BCUT2D eigenvalue weighted by Gasteiger charge is 2.57. The lowest BCUT2D eigenvalue weighted by molar-refractivity contribution is -0.393. The second-order valence-corrected chi connectivity index (χ2v) is 26.6. The molecule has 0 aromatic heterocycles. The lowest BCUT2D eigenvalue weighted by Crippen LogP contribution is -2.66. The van der Waals surface area contributed by atoms with Gasteiger partial charge >= 0.3 is 5.97 Å². The fourth-order valence-corrected chi connectivity index (χ4v) is 13.7. The fraction of sp³-hybridized carbons (Fsp3) is 0.417. The highest BCUT2D eigenvalue weighted by atomic mass is 16.8. The summed E-state index contributed by atoms with van der Waals surface area (Å²) >= 11 is 0. The fourth-order valence-electron chi connectivity index (χ4n) is 13.7. The van der Waals surface area contributed by atoms with Crippen molar-refractivity contribution in [2.24, 2.45) is 5.92 Å². The van der Waals surface area contributed by atoms with Gasteiger partial charge in [-0.3, -0.25) is 4.79 Å². The zero-order chi connectivity index (χ0) is 69.7. The van der Waals surface area contributed by atoms with Crippen LogP contribution < -0.4 is 0 Å². The number of carbonyl (C=O) groups excluding carboxylic acids is 1. The molecule has 20 atom stereocenters. The first-order chi connectivity index (χ1) is 49.5. The summed E-state index contributed by atoms with van der Waals surface area (Å²) in [5.41, 5.74) is 7.62. The van der Waals surface area contributed by atoms with E-state index in [1.807, 2.05) is 277 Å². The van der Waals surface area contributed by atoms with Crippen LogP contribution in [-0.2, 0) is 133 Å². The Morgan fingerprint density at radius 3 is 0.950 bits per heavy atom. The Morgan fingerprint density at radius 1 is 0.277 bits per heavy atom. The van der Waals surface area contributed by atoms with E-state index >= 15 is 0 Å². The van der Waals surface area contributed by atoms with Crippen molar-refractivity contribution >= 4 is 5.97 Å². The Bertz CT molecular complexity index is 3650. The maximum atomic E-state index is 13.2. The van der Waals surface area contributed by atoms with Gasteiger partial charge in [0.1, 0.15) is 61.0 Å². The second kappa shape index (κ2) is 37.2. The van der Waals surface area contributed by atoms with Crippen LogP contribution in [0.3, 0.4) is 0 Å². The van der Waals surface area contributed by atoms with E-state index in [4.69, 9.17) is 75.8 Å². The molecule has 0 amide bonds. The Hall–Kier alpha value is -7.37. The topological polar surface area (TPSA) is 165 Å². The number of esters is 1. The molecular formula is C84H96O17. The molecule has 4 heterocycles. The van der Waals surface area contributed by atoms with Gasteiger partial charge in [-0.1, -0.05) is 250 Å². The van der Waals surface area contributed by atoms with Crippen LogP contribution in [0.25, 0.3) is 0 Å². The summed E-state index contributed by atoms with van der Waals surface area (Å²) in [6.07, 6.45) is -16.3. The third kappa shape index (κ3) is 20.3. The van der Waals surface area contributed by atoms with Crippen molar-refractivity contribution in [1.82, 2.24) is 0 Å². The van der Waals surface area contributed by atoms with Crippen molar-refractivity contribution in [2.75, 3.05) is 6.61 Å². The molecule has 0 spiro atoms. The molecule has 4 aliphatic heterocycles. The van der Waals surface area contributed by atoms with E-state index < -0.39 is 128 Å². The molecule has 4 aliphatic rings. The summed E-state index contributed by atoms with van der Waals surface area (Å²) in [4.78, 5) is 13.2. The molecule has 0 radical (unpaired) electrons. The quantitative estimate of drug-likeness (QED) is 0.0365. The minimum Gasteiger partial charge on any atom is -0.457 e. The average molecular weight is 1380 g/mol. The van der Waals surface area contributed by atoms with Crippen LogP contribution in [-0.4, -0.2) is 129 Å². The maximum Gasteiger partial charge on any atom is 0.303 e. The van der Waals surface area contributed by atoms with Gasteiger partial charge in [0.2, 0.25) is 0 Å². The SMILES string of the molecule is CC(=O)OC1C(C)OC(C)[C@H](OCc2ccccc2)[C@H]1O[C@@H]1OC(C)[C@H](OCc2ccccc2)[C@@H](OCc2ccccc2)C1O[C@@H]1OC(C)C(OCc2ccccc2)C(O[C@H]2OC(COCc3ccccc3)C(OCc3ccccc3)C(OCc3ccccc3)C2OCc2ccccc2)C1C. The first-order valence-corrected chi connectivity index (χ1v) is 35.4. The number of benzene rings is 8. The van der Waals surface area contributed by atoms with Gasteiger partial charge in [-0.25, -0.2) is 0 Å². The predicted octanol–water partition coefficient (Wildman–Crippen LogP) is 14.0. The summed E-state index contributed by atoms with van der Waals surface area (Å²) in [6, 6.07) is 80.0. The zero-order valence-electron chi connectivity index (χ0n) is 58.4. The predicted molar refractivity (Wildman–Crippen MR) is 378 cm³/mol. The molecule has 12 rings (SSSR count). The van der Waals surface area contributed by atoms with Crippen LogP contribution in [0.4, 0.5) is 0 Å². The van der Waals surface area contributed by atoms with Crippen LogP contribution in [0.2, 0.25) is 0 Å². The van der Waals surface area contributed by atoms with Crippen molar-refractivity contribution < 1.29 is 80.6 Å². The Morgan fingerprint density at radius 2 is 0.554 bits per heavy atom. The largest absolute Gasteiger partial charge is 0.457 e. The summed E-state index contributed by atoms with van der Waals surface area (Å²) < 4.78 is 114. The number of rotatable bonds is 32. The molecular weight excluding hydrogens is 1280 g/mol. The first-order valence-electron chi connectivity index (χ1n) is 35.4. The molecule has 8 aromatic rings. The molecule has 17 nitrogen and oxygen atoms in total. The van der Waals surface area contributed by atoms with E-state index in [0.29, 0.717) is 6.61 Å². The number of hydrogen-bond donors (Lipinski definition) is 0. The van der Waals surface area contributed by atoms with E-state index in [2.05, 4.69) is 0 Å². The van der Waals surface area contributed by atoms with Crippen LogP contribution in [0.1, 0.15) is 86.1 Å². The number of hydrogen-bond acceptors (Lipinski definition) is 17. The van der Waals surface area contributed by atoms with E-state index in [1.54, 1.807) is 0 Å². The molecule has 0 saturated carbocycles. The van der Waals surface area contributed by atoms with Gasteiger partial charge in [0, 0.05) is 12.8 Å². The van der Waals surface area contributed by atoms with Gasteiger partial charge in [0.25, 0.3) is 0 Å². The molecule has 101 heavy (non-hydrogen) atoms. The standard InChI is InChI=1S/C84H96O17/c1-56-71(99-83-80(93-54-69-45-29-14-30-46-69)78(92-53-68-43-27-13-28-44-68)76(90-51-66-39-23-11-24-40-66)70(98-83)55-86-47-62-31-15-7-16-32-62)72(87-48-63-33-17-8-18-34-63)58(3)95-82(56)101-81-77(91-52-67-41-25-12-26-42-67)73(88-49-64-35-19-9-20-36-64)59(4)96-84(81)100-79-74(89-50-65-37-21-10-22-38-65)57(2)94-60(5)75(79)97-61(6)85/h7-46,56-60,70-84H,47-55H2,1-6H3/t56?,57?,58?,59?,60?,70?,71?,72?,73-,74-,75?,76?,77+,78?,79+,80?,81?,82-,83+,84-/m0/s1. The average Bonchev–Trinajstić information content (AvgIpc) is 0.767. The van der Waals surface area contributed by atoms with Crippen molar-refractivity contribution in [3.05, 3.63) is 287 Å². The molecule has 0 aliphatic carbocycles. The molecule has 4 saturated heterocycles. The van der Waals surface area contributed by atoms with Gasteiger partial charge in [-0.15, -0.1) is 0 Å². The first kappa shape index (κ1) is 73.4. The minimum absolute atomic E-state index is 0.102. The highest BCUT2D eigenvalue weighted by molar-refractivity contribution is 5.66. The smallest absolute Gasteiger partial charge is 0.303 e. The van der Waals surface area contributed by atoms with Crippen LogP contribution in [0.5, 0.6) is 0 Å². The second-order valence-electron chi connectivity index (χ2n) is 26.6. The van der Waals surface area contributed by atoms with Crippen molar-refractivity contribution in [3.63, 3.8) is 0 Å². The van der Waals surface area contributed by atoms with E-state index in [0.717, 1.165) is 44.5 Å². The molecule has 534 valence electrons. The van der Waals surface area contributed by atoms with Gasteiger partial charge in [0.05, 0.1) is 90.0 Å². The van der Waals surface area contributed by atoms with Gasteiger partial charge in [-0.2, -0.15) is 0 Å². The van der Waals surface area contributed by atoms with Gasteiger partial charge in [0.15, 0.2) is 25.0 Å². The molecule has 17 heteroatoms.